The lowest BCUT2D eigenvalue weighted by atomic mass is 9.43. The van der Waals surface area contributed by atoms with E-state index in [1.54, 1.807) is 32.9 Å². The zero-order valence-electron chi connectivity index (χ0n) is 42.2. The summed E-state index contributed by atoms with van der Waals surface area (Å²) in [7, 11) is -0.769. The van der Waals surface area contributed by atoms with Crippen LogP contribution in [-0.2, 0) is 44.5 Å². The summed E-state index contributed by atoms with van der Waals surface area (Å²) in [5.74, 6) is -5.42. The number of hydrogen-bond donors (Lipinski definition) is 9. The van der Waals surface area contributed by atoms with E-state index >= 15 is 0 Å². The quantitative estimate of drug-likeness (QED) is 0.0488. The van der Waals surface area contributed by atoms with Gasteiger partial charge in [0, 0.05) is 18.5 Å². The van der Waals surface area contributed by atoms with Crippen LogP contribution in [-0.4, -0.2) is 115 Å². The average Bonchev–Trinajstić information content (AvgIpc) is 3.68. The smallest absolute Gasteiger partial charge is 0.404 e. The van der Waals surface area contributed by atoms with Gasteiger partial charge in [0.1, 0.15) is 24.2 Å². The zero-order valence-corrected chi connectivity index (χ0v) is 42.2. The van der Waals surface area contributed by atoms with Crippen LogP contribution in [0.4, 0.5) is 0 Å². The van der Waals surface area contributed by atoms with Crippen LogP contribution in [0.3, 0.4) is 0 Å². The zero-order chi connectivity index (χ0) is 51.5. The van der Waals surface area contributed by atoms with Gasteiger partial charge in [0.25, 0.3) is 5.91 Å². The van der Waals surface area contributed by atoms with Gasteiger partial charge in [0.15, 0.2) is 0 Å². The lowest BCUT2D eigenvalue weighted by Crippen LogP contribution is -2.65. The van der Waals surface area contributed by atoms with Crippen molar-refractivity contribution in [3.63, 3.8) is 0 Å². The first-order valence-electron chi connectivity index (χ1n) is 25.1. The Morgan fingerprint density at radius 1 is 0.771 bits per heavy atom. The van der Waals surface area contributed by atoms with Crippen molar-refractivity contribution in [2.45, 2.75) is 168 Å². The first-order valence-corrected chi connectivity index (χ1v) is 25.1. The second-order valence-corrected chi connectivity index (χ2v) is 20.6. The third-order valence-electron chi connectivity index (χ3n) is 14.6. The second-order valence-electron chi connectivity index (χ2n) is 20.6. The number of nitrogens with two attached hydrogens (primary N) is 2. The standard InChI is InChI=1S/C51H77BN8O10/c1-9-10-13-32-15-17-33(18-16-32)34-19-21-35(22-20-34)45(64)55-25-23-42(63)57-37(14-11-12-24-53)46(65)60-44(30(4)61)49(68)59-43(29(2)3)48(67)58-38(28-41(54)62)47(66)56-31(5)52-69-40-27-36-26-39(50(36,6)7)51(40,8)70-52/h15-22,29-31,36-40,43-44,61H,9-14,23-28,53H2,1-8H3,(H2,54,62)(H,55,64)(H,56,66)(H,57,63)(H,58,67)(H,59,68)(H,60,65)/t30?,31-,36-,37-,38-,39-,40?,43-,44-,51-/m0/s1. The Morgan fingerprint density at radius 2 is 1.39 bits per heavy atom. The van der Waals surface area contributed by atoms with Crippen molar-refractivity contribution in [3.05, 3.63) is 59.7 Å². The molecule has 11 N–H and O–H groups in total. The molecule has 1 heterocycles. The van der Waals surface area contributed by atoms with E-state index in [2.05, 4.69) is 83.9 Å². The number of rotatable bonds is 26. The molecular weight excluding hydrogens is 895 g/mol. The average molecular weight is 973 g/mol. The third-order valence-corrected chi connectivity index (χ3v) is 14.6. The maximum absolute atomic E-state index is 13.8. The van der Waals surface area contributed by atoms with Crippen molar-refractivity contribution < 1.29 is 48.0 Å². The summed E-state index contributed by atoms with van der Waals surface area (Å²) in [5.41, 5.74) is 14.5. The summed E-state index contributed by atoms with van der Waals surface area (Å²) in [6, 6.07) is 10.1. The van der Waals surface area contributed by atoms with E-state index in [1.807, 2.05) is 12.1 Å². The molecule has 2 bridgehead atoms. The molecule has 18 nitrogen and oxygen atoms in total. The van der Waals surface area contributed by atoms with Crippen LogP contribution in [0.15, 0.2) is 48.5 Å². The van der Waals surface area contributed by atoms with Crippen molar-refractivity contribution in [2.75, 3.05) is 13.1 Å². The second kappa shape index (κ2) is 24.7. The summed E-state index contributed by atoms with van der Waals surface area (Å²) < 4.78 is 12.8. The molecule has 384 valence electrons. The van der Waals surface area contributed by atoms with E-state index < -0.39 is 96.7 Å². The number of aliphatic hydroxyl groups is 1. The van der Waals surface area contributed by atoms with Crippen LogP contribution in [0.2, 0.25) is 0 Å². The topological polar surface area (TPSA) is 282 Å². The molecule has 3 saturated carbocycles. The molecule has 10 atom stereocenters. The molecule has 1 aliphatic heterocycles. The Kier molecular flexibility index (Phi) is 19.6. The number of unbranched alkanes of at least 4 members (excludes halogenated alkanes) is 2. The number of aryl methyl sites for hydroxylation is 1. The highest BCUT2D eigenvalue weighted by atomic mass is 16.7. The first-order chi connectivity index (χ1) is 33.1. The maximum atomic E-state index is 13.8. The molecule has 19 heteroatoms. The largest absolute Gasteiger partial charge is 0.481 e. The van der Waals surface area contributed by atoms with Gasteiger partial charge in [-0.15, -0.1) is 0 Å². The first kappa shape index (κ1) is 55.6. The van der Waals surface area contributed by atoms with Crippen LogP contribution >= 0.6 is 0 Å². The monoisotopic (exact) mass is 973 g/mol. The van der Waals surface area contributed by atoms with Crippen LogP contribution in [0.1, 0.15) is 129 Å². The Hall–Kier alpha value is -5.37. The molecule has 6 rings (SSSR count). The predicted molar refractivity (Wildman–Crippen MR) is 266 cm³/mol. The highest BCUT2D eigenvalue weighted by Gasteiger charge is 2.68. The summed E-state index contributed by atoms with van der Waals surface area (Å²) in [4.78, 5) is 93.3. The minimum Gasteiger partial charge on any atom is -0.404 e. The van der Waals surface area contributed by atoms with E-state index in [4.69, 9.17) is 20.8 Å². The van der Waals surface area contributed by atoms with Gasteiger partial charge in [0.05, 0.1) is 30.2 Å². The number of aliphatic hydroxyl groups excluding tert-OH is 1. The lowest BCUT2D eigenvalue weighted by molar-refractivity contribution is -0.199. The van der Waals surface area contributed by atoms with E-state index in [-0.39, 0.29) is 36.8 Å². The van der Waals surface area contributed by atoms with Gasteiger partial charge in [-0.2, -0.15) is 0 Å². The number of primary amides is 1. The van der Waals surface area contributed by atoms with Gasteiger partial charge in [-0.3, -0.25) is 33.6 Å². The summed E-state index contributed by atoms with van der Waals surface area (Å²) >= 11 is 0. The molecule has 0 spiro atoms. The number of carbonyl (C=O) groups is 7. The SMILES string of the molecule is CCCCc1ccc(-c2ccc(C(=O)NCCC(=O)N[C@@H](CCCCN)C(=O)N[C@H](C(=O)N[C@H](C(=O)N[C@@H](CC(N)=O)C(=O)N[C@@H](C)B3OC4C[C@@H]5C[C@@H](C5(C)C)[C@]4(C)O3)C(C)C)C(C)O)cc2)cc1. The fourth-order valence-electron chi connectivity index (χ4n) is 10.1. The van der Waals surface area contributed by atoms with Gasteiger partial charge in [-0.25, -0.2) is 0 Å². The van der Waals surface area contributed by atoms with Crippen LogP contribution in [0.5, 0.6) is 0 Å². The summed E-state index contributed by atoms with van der Waals surface area (Å²) in [6.07, 6.45) is 4.03. The summed E-state index contributed by atoms with van der Waals surface area (Å²) in [5, 5.41) is 26.6. The van der Waals surface area contributed by atoms with Crippen LogP contribution in [0, 0.1) is 23.2 Å². The number of benzene rings is 2. The molecule has 3 aliphatic carbocycles. The van der Waals surface area contributed by atoms with Crippen LogP contribution < -0.4 is 43.4 Å². The number of hydrogen-bond acceptors (Lipinski definition) is 11. The van der Waals surface area contributed by atoms with Crippen molar-refractivity contribution in [3.8, 4) is 11.1 Å². The Balaban J connectivity index is 1.14. The highest BCUT2D eigenvalue weighted by molar-refractivity contribution is 6.47. The molecule has 70 heavy (non-hydrogen) atoms. The molecule has 4 fully saturated rings. The van der Waals surface area contributed by atoms with E-state index in [0.29, 0.717) is 36.8 Å². The molecular formula is C51H77BN8O10. The maximum Gasteiger partial charge on any atom is 0.481 e. The normalized spacial score (nSPS) is 22.4. The Bertz CT molecular complexity index is 2160. The van der Waals surface area contributed by atoms with Crippen molar-refractivity contribution in [1.82, 2.24) is 31.9 Å². The van der Waals surface area contributed by atoms with E-state index in [1.165, 1.54) is 12.5 Å². The minimum absolute atomic E-state index is 0.0241. The molecule has 2 unspecified atom stereocenters. The molecule has 1 saturated heterocycles. The van der Waals surface area contributed by atoms with Gasteiger partial charge in [0.2, 0.25) is 35.4 Å². The number of carbonyl (C=O) groups excluding carboxylic acids is 7. The molecule has 4 aliphatic rings. The van der Waals surface area contributed by atoms with Gasteiger partial charge >= 0.3 is 7.12 Å². The molecule has 7 amide bonds. The predicted octanol–water partition coefficient (Wildman–Crippen LogP) is 2.57. The van der Waals surface area contributed by atoms with Crippen molar-refractivity contribution >= 4 is 48.5 Å². The van der Waals surface area contributed by atoms with Crippen LogP contribution in [0.25, 0.3) is 11.1 Å². The van der Waals surface area contributed by atoms with Gasteiger partial charge < -0.3 is 57.8 Å². The van der Waals surface area contributed by atoms with Gasteiger partial charge in [-0.1, -0.05) is 77.4 Å². The molecule has 2 aromatic carbocycles. The fraction of sp³-hybridized carbons (Fsp3) is 0.627. The van der Waals surface area contributed by atoms with Gasteiger partial charge in [-0.05, 0) is 124 Å². The number of nitrogens with one attached hydrogen (secondary N) is 6. The minimum atomic E-state index is -1.58. The van der Waals surface area contributed by atoms with E-state index in [9.17, 15) is 38.7 Å². The third kappa shape index (κ3) is 13.9. The Labute approximate surface area is 413 Å². The summed E-state index contributed by atoms with van der Waals surface area (Å²) in [6.45, 7) is 15.3. The highest BCUT2D eigenvalue weighted by Crippen LogP contribution is 2.65. The fourth-order valence-corrected chi connectivity index (χ4v) is 10.1. The lowest BCUT2D eigenvalue weighted by Gasteiger charge is -2.64. The molecule has 2 aromatic rings. The van der Waals surface area contributed by atoms with E-state index in [0.717, 1.165) is 43.2 Å². The molecule has 0 aromatic heterocycles. The Morgan fingerprint density at radius 3 is 1.97 bits per heavy atom. The number of amides is 7. The van der Waals surface area contributed by atoms with Crippen molar-refractivity contribution in [2.24, 2.45) is 34.6 Å². The molecule has 0 radical (unpaired) electrons. The van der Waals surface area contributed by atoms with Crippen molar-refractivity contribution in [1.29, 1.82) is 0 Å².